The summed E-state index contributed by atoms with van der Waals surface area (Å²) >= 11 is 0. The Morgan fingerprint density at radius 1 is 1.27 bits per heavy atom. The third-order valence-corrected chi connectivity index (χ3v) is 5.25. The number of urea groups is 1. The second-order valence-electron chi connectivity index (χ2n) is 7.38. The van der Waals surface area contributed by atoms with Gasteiger partial charge in [-0.1, -0.05) is 12.1 Å². The predicted octanol–water partition coefficient (Wildman–Crippen LogP) is 3.12. The molecule has 0 aromatic heterocycles. The maximum Gasteiger partial charge on any atom is 0.337 e. The molecule has 0 saturated carbocycles. The third-order valence-electron chi connectivity index (χ3n) is 5.25. The summed E-state index contributed by atoms with van der Waals surface area (Å²) in [6.45, 7) is 8.13. The molecule has 2 N–H and O–H groups in total. The van der Waals surface area contributed by atoms with Crippen LogP contribution in [0.5, 0.6) is 0 Å². The molecule has 0 fully saturated rings. The molecule has 1 atom stereocenters. The lowest BCUT2D eigenvalue weighted by Crippen LogP contribution is -2.45. The van der Waals surface area contributed by atoms with Crippen LogP contribution in [0.4, 0.5) is 10.5 Å². The van der Waals surface area contributed by atoms with E-state index in [2.05, 4.69) is 49.4 Å². The van der Waals surface area contributed by atoms with Crippen LogP contribution in [0, 0.1) is 0 Å². The molecule has 0 aliphatic carbocycles. The normalized spacial score (nSPS) is 21.5. The van der Waals surface area contributed by atoms with Gasteiger partial charge in [-0.15, -0.1) is 0 Å². The molecular weight excluding hydrogens is 330 g/mol. The topological polar surface area (TPSA) is 70.7 Å². The van der Waals surface area contributed by atoms with Gasteiger partial charge in [0.05, 0.1) is 24.3 Å². The molecule has 6 heteroatoms. The molecule has 6 nitrogen and oxygen atoms in total. The number of rotatable bonds is 2. The van der Waals surface area contributed by atoms with E-state index in [9.17, 15) is 9.59 Å². The fourth-order valence-corrected chi connectivity index (χ4v) is 3.68. The van der Waals surface area contributed by atoms with Crippen molar-refractivity contribution in [3.8, 4) is 0 Å². The summed E-state index contributed by atoms with van der Waals surface area (Å²) in [5.41, 5.74) is 5.09. The Balaban J connectivity index is 2.11. The molecule has 0 unspecified atom stereocenters. The summed E-state index contributed by atoms with van der Waals surface area (Å²) in [6.07, 6.45) is 2.22. The number of allylic oxidation sites excluding steroid dienone is 2. The summed E-state index contributed by atoms with van der Waals surface area (Å²) in [5, 5.41) is 5.48. The van der Waals surface area contributed by atoms with E-state index >= 15 is 0 Å². The second-order valence-corrected chi connectivity index (χ2v) is 7.38. The zero-order valence-corrected chi connectivity index (χ0v) is 16.1. The predicted molar refractivity (Wildman–Crippen MR) is 102 cm³/mol. The number of carbonyl (C=O) groups is 2. The van der Waals surface area contributed by atoms with E-state index in [1.54, 1.807) is 6.92 Å². The first kappa shape index (κ1) is 18.0. The van der Waals surface area contributed by atoms with Crippen molar-refractivity contribution >= 4 is 23.3 Å². The molecule has 0 spiro atoms. The lowest BCUT2D eigenvalue weighted by Gasteiger charge is -2.41. The standard InChI is InChI=1S/C20H25N3O3/c1-11-10-20(3,4)23(5)15-8-7-13(9-14(11)15)17-16(18(24)26-6)12(2)21-19(25)22-17/h7-10,17H,1-6H3,(H2,21,22,25)/t17-/m0/s1. The van der Waals surface area contributed by atoms with Crippen molar-refractivity contribution in [1.82, 2.24) is 10.6 Å². The highest BCUT2D eigenvalue weighted by Gasteiger charge is 2.34. The number of anilines is 1. The van der Waals surface area contributed by atoms with Crippen molar-refractivity contribution in [2.75, 3.05) is 19.1 Å². The summed E-state index contributed by atoms with van der Waals surface area (Å²) in [5.74, 6) is -0.455. The van der Waals surface area contributed by atoms with Gasteiger partial charge in [0.1, 0.15) is 0 Å². The number of hydrogen-bond donors (Lipinski definition) is 2. The van der Waals surface area contributed by atoms with E-state index in [1.165, 1.54) is 12.7 Å². The second kappa shape index (κ2) is 6.20. The SMILES string of the molecule is COC(=O)C1=C(C)NC(=O)N[C@H]1c1ccc2c(c1)C(C)=CC(C)(C)N2C. The number of carbonyl (C=O) groups excluding carboxylic acids is 2. The van der Waals surface area contributed by atoms with Gasteiger partial charge in [0, 0.05) is 24.0 Å². The Kier molecular flexibility index (Phi) is 4.30. The Morgan fingerprint density at radius 2 is 1.96 bits per heavy atom. The van der Waals surface area contributed by atoms with Gasteiger partial charge in [-0.05, 0) is 51.0 Å². The minimum atomic E-state index is -0.547. The van der Waals surface area contributed by atoms with Crippen LogP contribution in [0.15, 0.2) is 35.5 Å². The Bertz CT molecular complexity index is 852. The molecule has 0 radical (unpaired) electrons. The van der Waals surface area contributed by atoms with Crippen molar-refractivity contribution in [2.24, 2.45) is 0 Å². The lowest BCUT2D eigenvalue weighted by atomic mass is 9.86. The van der Waals surface area contributed by atoms with Gasteiger partial charge in [0.15, 0.2) is 0 Å². The van der Waals surface area contributed by atoms with Crippen molar-refractivity contribution in [2.45, 2.75) is 39.3 Å². The average molecular weight is 355 g/mol. The monoisotopic (exact) mass is 355 g/mol. The maximum absolute atomic E-state index is 12.3. The molecule has 138 valence electrons. The molecule has 26 heavy (non-hydrogen) atoms. The quantitative estimate of drug-likeness (QED) is 0.800. The van der Waals surface area contributed by atoms with Gasteiger partial charge < -0.3 is 20.3 Å². The van der Waals surface area contributed by atoms with Crippen LogP contribution < -0.4 is 15.5 Å². The van der Waals surface area contributed by atoms with Gasteiger partial charge in [0.2, 0.25) is 0 Å². The van der Waals surface area contributed by atoms with Crippen molar-refractivity contribution < 1.29 is 14.3 Å². The maximum atomic E-state index is 12.3. The summed E-state index contributed by atoms with van der Waals surface area (Å²) in [6, 6.07) is 5.16. The van der Waals surface area contributed by atoms with Crippen LogP contribution in [0.2, 0.25) is 0 Å². The Labute approximate surface area is 153 Å². The largest absolute Gasteiger partial charge is 0.466 e. The van der Waals surface area contributed by atoms with Crippen LogP contribution in [0.1, 0.15) is 44.9 Å². The smallest absolute Gasteiger partial charge is 0.337 e. The van der Waals surface area contributed by atoms with E-state index in [0.29, 0.717) is 11.3 Å². The third kappa shape index (κ3) is 2.85. The number of likely N-dealkylation sites (N-methyl/N-ethyl adjacent to an activating group) is 1. The highest BCUT2D eigenvalue weighted by molar-refractivity contribution is 5.95. The molecule has 3 rings (SSSR count). The summed E-state index contributed by atoms with van der Waals surface area (Å²) in [4.78, 5) is 26.5. The van der Waals surface area contributed by atoms with Crippen LogP contribution in [0.3, 0.4) is 0 Å². The van der Waals surface area contributed by atoms with Gasteiger partial charge in [0.25, 0.3) is 0 Å². The minimum Gasteiger partial charge on any atom is -0.466 e. The molecule has 0 bridgehead atoms. The first-order valence-electron chi connectivity index (χ1n) is 8.60. The van der Waals surface area contributed by atoms with Crippen LogP contribution in [0.25, 0.3) is 5.57 Å². The Hall–Kier alpha value is -2.76. The highest BCUT2D eigenvalue weighted by atomic mass is 16.5. The van der Waals surface area contributed by atoms with E-state index in [-0.39, 0.29) is 11.6 Å². The molecule has 1 aromatic rings. The van der Waals surface area contributed by atoms with Crippen LogP contribution in [-0.4, -0.2) is 31.7 Å². The number of ether oxygens (including phenoxy) is 1. The summed E-state index contributed by atoms with van der Waals surface area (Å²) < 4.78 is 4.92. The zero-order valence-electron chi connectivity index (χ0n) is 16.1. The molecule has 2 aliphatic rings. The molecular formula is C20H25N3O3. The number of fused-ring (bicyclic) bond motifs is 1. The van der Waals surface area contributed by atoms with E-state index < -0.39 is 12.0 Å². The number of esters is 1. The van der Waals surface area contributed by atoms with Crippen molar-refractivity contribution in [3.63, 3.8) is 0 Å². The molecule has 1 aromatic carbocycles. The summed E-state index contributed by atoms with van der Waals surface area (Å²) in [7, 11) is 3.41. The number of amides is 2. The van der Waals surface area contributed by atoms with Crippen LogP contribution >= 0.6 is 0 Å². The van der Waals surface area contributed by atoms with Gasteiger partial charge in [-0.3, -0.25) is 0 Å². The van der Waals surface area contributed by atoms with E-state index in [4.69, 9.17) is 4.74 Å². The average Bonchev–Trinajstić information content (AvgIpc) is 2.58. The van der Waals surface area contributed by atoms with Gasteiger partial charge >= 0.3 is 12.0 Å². The van der Waals surface area contributed by atoms with Gasteiger partial charge in [-0.25, -0.2) is 9.59 Å². The minimum absolute atomic E-state index is 0.0742. The number of benzene rings is 1. The molecule has 0 saturated heterocycles. The van der Waals surface area contributed by atoms with Crippen LogP contribution in [-0.2, 0) is 9.53 Å². The first-order chi connectivity index (χ1) is 12.2. The Morgan fingerprint density at radius 3 is 2.62 bits per heavy atom. The van der Waals surface area contributed by atoms with Crippen molar-refractivity contribution in [3.05, 3.63) is 46.7 Å². The number of nitrogens with one attached hydrogen (secondary N) is 2. The number of hydrogen-bond acceptors (Lipinski definition) is 4. The first-order valence-corrected chi connectivity index (χ1v) is 8.60. The molecule has 2 aliphatic heterocycles. The number of nitrogens with zero attached hydrogens (tertiary/aromatic N) is 1. The van der Waals surface area contributed by atoms with Crippen molar-refractivity contribution in [1.29, 1.82) is 0 Å². The fourth-order valence-electron chi connectivity index (χ4n) is 3.68. The van der Waals surface area contributed by atoms with E-state index in [1.807, 2.05) is 18.2 Å². The van der Waals surface area contributed by atoms with E-state index in [0.717, 1.165) is 16.8 Å². The lowest BCUT2D eigenvalue weighted by molar-refractivity contribution is -0.136. The highest BCUT2D eigenvalue weighted by Crippen LogP contribution is 2.40. The number of methoxy groups -OCH3 is 1. The fraction of sp³-hybridized carbons (Fsp3) is 0.400. The molecule has 2 heterocycles. The molecule has 2 amide bonds. The van der Waals surface area contributed by atoms with Gasteiger partial charge in [-0.2, -0.15) is 0 Å². The zero-order chi connectivity index (χ0) is 19.2.